The quantitative estimate of drug-likeness (QED) is 0.753. The fraction of sp³-hybridized carbons (Fsp3) is 0.545. The van der Waals surface area contributed by atoms with E-state index in [9.17, 15) is 0 Å². The van der Waals surface area contributed by atoms with E-state index >= 15 is 0 Å². The maximum Gasteiger partial charge on any atom is 0.254 e. The van der Waals surface area contributed by atoms with Crippen molar-refractivity contribution in [2.24, 2.45) is 0 Å². The normalized spacial score (nSPS) is 16.2. The van der Waals surface area contributed by atoms with Gasteiger partial charge in [0.1, 0.15) is 5.15 Å². The maximum atomic E-state index is 6.17. The number of hydrogen-bond acceptors (Lipinski definition) is 3. The highest BCUT2D eigenvalue weighted by Gasteiger charge is 2.28. The van der Waals surface area contributed by atoms with Crippen LogP contribution in [0.1, 0.15) is 50.0 Å². The highest BCUT2D eigenvalue weighted by atomic mass is 35.5. The third-order valence-electron chi connectivity index (χ3n) is 2.84. The zero-order valence-corrected chi connectivity index (χ0v) is 10.1. The van der Waals surface area contributed by atoms with Crippen molar-refractivity contribution in [2.45, 2.75) is 38.5 Å². The molecule has 1 aliphatic carbocycles. The molecule has 1 fully saturated rings. The number of halogens is 1. The van der Waals surface area contributed by atoms with Gasteiger partial charge >= 0.3 is 0 Å². The zero-order valence-electron chi connectivity index (χ0n) is 9.31. The average molecular weight is 237 g/mol. The lowest BCUT2D eigenvalue weighted by Crippen LogP contribution is -1.99. The molecule has 3 rings (SSSR count). The Morgan fingerprint density at radius 3 is 2.75 bits per heavy atom. The van der Waals surface area contributed by atoms with E-state index in [0.717, 1.165) is 11.5 Å². The molecule has 0 N–H and O–H groups in total. The van der Waals surface area contributed by atoms with Crippen LogP contribution < -0.4 is 0 Å². The molecular weight excluding hydrogens is 224 g/mol. The van der Waals surface area contributed by atoms with E-state index in [0.29, 0.717) is 22.8 Å². The molecule has 84 valence electrons. The molecule has 1 saturated carbocycles. The third kappa shape index (κ3) is 1.57. The lowest BCUT2D eigenvalue weighted by atomic mass is 10.1. The molecule has 0 amide bonds. The van der Waals surface area contributed by atoms with Gasteiger partial charge in [-0.05, 0) is 24.8 Å². The first kappa shape index (κ1) is 10.0. The van der Waals surface area contributed by atoms with E-state index in [2.05, 4.69) is 28.9 Å². The first-order valence-electron chi connectivity index (χ1n) is 5.58. The van der Waals surface area contributed by atoms with E-state index < -0.39 is 0 Å². The monoisotopic (exact) mass is 236 g/mol. The second kappa shape index (κ2) is 3.42. The van der Waals surface area contributed by atoms with Crippen molar-refractivity contribution in [3.05, 3.63) is 22.7 Å². The molecule has 5 heteroatoms. The molecule has 2 aromatic heterocycles. The Bertz CT molecular complexity index is 542. The van der Waals surface area contributed by atoms with Gasteiger partial charge in [0.05, 0.1) is 5.69 Å². The average Bonchev–Trinajstić information content (AvgIpc) is 2.98. The van der Waals surface area contributed by atoms with Crippen molar-refractivity contribution in [3.63, 3.8) is 0 Å². The minimum Gasteiger partial charge on any atom is -0.216 e. The molecular formula is C11H13ClN4. The fourth-order valence-corrected chi connectivity index (χ4v) is 1.90. The summed E-state index contributed by atoms with van der Waals surface area (Å²) in [5.41, 5.74) is 0.965. The Labute approximate surface area is 98.7 Å². The van der Waals surface area contributed by atoms with E-state index in [1.54, 1.807) is 4.52 Å². The Kier molecular flexibility index (Phi) is 2.14. The molecule has 1 aliphatic rings. The van der Waals surface area contributed by atoms with Crippen molar-refractivity contribution in [1.29, 1.82) is 0 Å². The summed E-state index contributed by atoms with van der Waals surface area (Å²) in [7, 11) is 0. The predicted octanol–water partition coefficient (Wildman–Crippen LogP) is 2.78. The molecule has 0 saturated heterocycles. The van der Waals surface area contributed by atoms with Crippen LogP contribution in [0.15, 0.2) is 6.07 Å². The summed E-state index contributed by atoms with van der Waals surface area (Å²) in [5.74, 6) is 2.39. The molecule has 0 aliphatic heterocycles. The van der Waals surface area contributed by atoms with Crippen LogP contribution in [0.25, 0.3) is 5.78 Å². The van der Waals surface area contributed by atoms with Gasteiger partial charge in [0, 0.05) is 5.92 Å². The Morgan fingerprint density at radius 2 is 2.12 bits per heavy atom. The van der Waals surface area contributed by atoms with E-state index in [-0.39, 0.29) is 0 Å². The van der Waals surface area contributed by atoms with Crippen LogP contribution in [0.5, 0.6) is 0 Å². The van der Waals surface area contributed by atoms with Gasteiger partial charge in [-0.2, -0.15) is 9.50 Å². The van der Waals surface area contributed by atoms with Crippen LogP contribution in [-0.4, -0.2) is 19.6 Å². The molecule has 0 spiro atoms. The van der Waals surface area contributed by atoms with Gasteiger partial charge in [-0.3, -0.25) is 0 Å². The predicted molar refractivity (Wildman–Crippen MR) is 61.9 cm³/mol. The number of rotatable bonds is 2. The minimum absolute atomic E-state index is 0.351. The molecule has 2 aromatic rings. The van der Waals surface area contributed by atoms with E-state index in [1.165, 1.54) is 12.8 Å². The molecule has 0 atom stereocenters. The largest absolute Gasteiger partial charge is 0.254 e. The van der Waals surface area contributed by atoms with Crippen LogP contribution in [0.3, 0.4) is 0 Å². The van der Waals surface area contributed by atoms with Crippen LogP contribution in [-0.2, 0) is 0 Å². The molecule has 16 heavy (non-hydrogen) atoms. The summed E-state index contributed by atoms with van der Waals surface area (Å²) in [4.78, 5) is 8.91. The summed E-state index contributed by atoms with van der Waals surface area (Å²) >= 11 is 6.17. The molecule has 2 heterocycles. The second-order valence-corrected chi connectivity index (χ2v) is 5.00. The number of hydrogen-bond donors (Lipinski definition) is 0. The lowest BCUT2D eigenvalue weighted by molar-refractivity contribution is 0.804. The van der Waals surface area contributed by atoms with Crippen molar-refractivity contribution in [1.82, 2.24) is 19.6 Å². The van der Waals surface area contributed by atoms with Gasteiger partial charge in [-0.15, -0.1) is 5.10 Å². The van der Waals surface area contributed by atoms with Gasteiger partial charge in [-0.25, -0.2) is 4.98 Å². The van der Waals surface area contributed by atoms with Crippen LogP contribution in [0.4, 0.5) is 0 Å². The SMILES string of the molecule is CC(C)c1cc(Cl)n2nc(C3CC3)nc2n1. The Balaban J connectivity index is 2.17. The molecule has 4 nitrogen and oxygen atoms in total. The maximum absolute atomic E-state index is 6.17. The van der Waals surface area contributed by atoms with Gasteiger partial charge in [0.2, 0.25) is 0 Å². The second-order valence-electron chi connectivity index (χ2n) is 4.61. The summed E-state index contributed by atoms with van der Waals surface area (Å²) in [6.07, 6.45) is 2.37. The fourth-order valence-electron chi connectivity index (χ4n) is 1.68. The summed E-state index contributed by atoms with van der Waals surface area (Å²) in [6, 6.07) is 1.87. The number of fused-ring (bicyclic) bond motifs is 1. The first-order chi connectivity index (χ1) is 7.65. The van der Waals surface area contributed by atoms with E-state index in [4.69, 9.17) is 11.6 Å². The topological polar surface area (TPSA) is 43.1 Å². The standard InChI is InChI=1S/C11H13ClN4/c1-6(2)8-5-9(12)16-11(13-8)14-10(15-16)7-3-4-7/h5-7H,3-4H2,1-2H3. The van der Waals surface area contributed by atoms with Crippen molar-refractivity contribution < 1.29 is 0 Å². The summed E-state index contributed by atoms with van der Waals surface area (Å²) in [5, 5.41) is 4.98. The number of nitrogens with zero attached hydrogens (tertiary/aromatic N) is 4. The van der Waals surface area contributed by atoms with Crippen molar-refractivity contribution >= 4 is 17.4 Å². The van der Waals surface area contributed by atoms with Gasteiger partial charge in [0.25, 0.3) is 5.78 Å². The Morgan fingerprint density at radius 1 is 1.38 bits per heavy atom. The highest BCUT2D eigenvalue weighted by Crippen LogP contribution is 2.38. The van der Waals surface area contributed by atoms with E-state index in [1.807, 2.05) is 6.07 Å². The molecule has 0 unspecified atom stereocenters. The summed E-state index contributed by atoms with van der Waals surface area (Å²) in [6.45, 7) is 4.18. The first-order valence-corrected chi connectivity index (χ1v) is 5.96. The summed E-state index contributed by atoms with van der Waals surface area (Å²) < 4.78 is 1.63. The van der Waals surface area contributed by atoms with Crippen LogP contribution >= 0.6 is 11.6 Å². The van der Waals surface area contributed by atoms with Gasteiger partial charge in [-0.1, -0.05) is 25.4 Å². The van der Waals surface area contributed by atoms with Gasteiger partial charge in [0.15, 0.2) is 5.82 Å². The van der Waals surface area contributed by atoms with Crippen LogP contribution in [0.2, 0.25) is 5.15 Å². The smallest absolute Gasteiger partial charge is 0.216 e. The molecule has 0 radical (unpaired) electrons. The highest BCUT2D eigenvalue weighted by molar-refractivity contribution is 6.29. The van der Waals surface area contributed by atoms with Crippen LogP contribution in [0, 0.1) is 0 Å². The zero-order chi connectivity index (χ0) is 11.3. The molecule has 0 aromatic carbocycles. The number of aromatic nitrogens is 4. The van der Waals surface area contributed by atoms with Gasteiger partial charge < -0.3 is 0 Å². The third-order valence-corrected chi connectivity index (χ3v) is 3.11. The molecule has 0 bridgehead atoms. The van der Waals surface area contributed by atoms with Crippen molar-refractivity contribution in [3.8, 4) is 0 Å². The lowest BCUT2D eigenvalue weighted by Gasteiger charge is -2.04. The Hall–Kier alpha value is -1.16. The minimum atomic E-state index is 0.351. The van der Waals surface area contributed by atoms with Crippen molar-refractivity contribution in [2.75, 3.05) is 0 Å².